The van der Waals surface area contributed by atoms with Gasteiger partial charge in [-0.15, -0.1) is 5.57 Å². The number of para-hydroxylation sites is 1. The van der Waals surface area contributed by atoms with Crippen LogP contribution in [0.1, 0.15) is 75.4 Å². The van der Waals surface area contributed by atoms with Crippen LogP contribution < -0.4 is 62.0 Å². The van der Waals surface area contributed by atoms with Crippen molar-refractivity contribution >= 4 is 22.9 Å². The van der Waals surface area contributed by atoms with E-state index in [2.05, 4.69) is 39.1 Å². The summed E-state index contributed by atoms with van der Waals surface area (Å²) >= 11 is 0. The van der Waals surface area contributed by atoms with E-state index in [9.17, 15) is 18.0 Å². The number of anilines is 1. The number of hydrogen-bond acceptors (Lipinski definition) is 6. The van der Waals surface area contributed by atoms with Gasteiger partial charge in [-0.1, -0.05) is 95.3 Å². The Kier molecular flexibility index (Phi) is 17.6. The molecule has 1 amide bonds. The van der Waals surface area contributed by atoms with Crippen LogP contribution in [0.15, 0.2) is 90.2 Å². The number of amides is 1. The zero-order valence-electron chi connectivity index (χ0n) is 29.3. The summed E-state index contributed by atoms with van der Waals surface area (Å²) in [6, 6.07) is 14.8. The first kappa shape index (κ1) is 42.5. The van der Waals surface area contributed by atoms with Crippen molar-refractivity contribution in [3.8, 4) is 0 Å². The van der Waals surface area contributed by atoms with E-state index in [4.69, 9.17) is 4.74 Å². The number of rotatable bonds is 15. The van der Waals surface area contributed by atoms with Crippen molar-refractivity contribution in [1.29, 1.82) is 0 Å². The topological polar surface area (TPSA) is 88.5 Å². The Hall–Kier alpha value is -2.64. The number of nitrogens with zero attached hydrogens (tertiary/aromatic N) is 3. The Labute approximate surface area is 331 Å². The van der Waals surface area contributed by atoms with Crippen molar-refractivity contribution < 1.29 is 74.1 Å². The van der Waals surface area contributed by atoms with Crippen LogP contribution in [-0.4, -0.2) is 46.1 Å². The summed E-state index contributed by atoms with van der Waals surface area (Å²) in [5.74, 6) is 0.248. The molecule has 49 heavy (non-hydrogen) atoms. The molecule has 1 aliphatic rings. The number of aromatic nitrogens is 2. The van der Waals surface area contributed by atoms with E-state index in [1.54, 1.807) is 6.92 Å². The van der Waals surface area contributed by atoms with Gasteiger partial charge in [-0.25, -0.2) is 9.97 Å². The van der Waals surface area contributed by atoms with Gasteiger partial charge in [0.1, 0.15) is 18.1 Å². The third-order valence-corrected chi connectivity index (χ3v) is 8.05. The molecule has 0 saturated heterocycles. The number of benzene rings is 2. The van der Waals surface area contributed by atoms with Gasteiger partial charge in [0.2, 0.25) is 5.91 Å². The van der Waals surface area contributed by atoms with Crippen LogP contribution in [0.5, 0.6) is 0 Å². The van der Waals surface area contributed by atoms with Crippen molar-refractivity contribution in [3.05, 3.63) is 122 Å². The Morgan fingerprint density at radius 3 is 2.31 bits per heavy atom. The summed E-state index contributed by atoms with van der Waals surface area (Å²) in [7, 11) is 0. The second kappa shape index (κ2) is 20.3. The quantitative estimate of drug-likeness (QED) is 0.121. The average molecular weight is 701 g/mol. The van der Waals surface area contributed by atoms with Crippen molar-refractivity contribution in [3.63, 3.8) is 0 Å². The number of aliphatic imine (C=N–C) groups is 1. The fourth-order valence-electron chi connectivity index (χ4n) is 5.42. The fourth-order valence-corrected chi connectivity index (χ4v) is 5.42. The summed E-state index contributed by atoms with van der Waals surface area (Å²) in [5, 5.41) is 6.52. The first-order valence-corrected chi connectivity index (χ1v) is 16.0. The smallest absolute Gasteiger partial charge is 0.397 e. The molecule has 7 nitrogen and oxygen atoms in total. The summed E-state index contributed by atoms with van der Waals surface area (Å²) in [6.45, 7) is 13.5. The van der Waals surface area contributed by atoms with Gasteiger partial charge in [0.25, 0.3) is 0 Å². The molecule has 0 bridgehead atoms. The van der Waals surface area contributed by atoms with Gasteiger partial charge in [0, 0.05) is 23.6 Å². The third kappa shape index (κ3) is 12.0. The molecule has 4 unspecified atom stereocenters. The Morgan fingerprint density at radius 1 is 1.04 bits per heavy atom. The number of alkyl halides is 3. The summed E-state index contributed by atoms with van der Waals surface area (Å²) < 4.78 is 47.3. The molecule has 1 aliphatic heterocycles. The molecular weight excluding hydrogens is 655 g/mol. The van der Waals surface area contributed by atoms with Crippen LogP contribution in [0.25, 0.3) is 5.57 Å². The van der Waals surface area contributed by atoms with E-state index in [0.717, 1.165) is 36.0 Å². The molecule has 2 N–H and O–H groups in total. The largest absolute Gasteiger partial charge is 1.00 e. The van der Waals surface area contributed by atoms with E-state index >= 15 is 0 Å². The predicted molar refractivity (Wildman–Crippen MR) is 187 cm³/mol. The van der Waals surface area contributed by atoms with Crippen LogP contribution in [0.3, 0.4) is 0 Å². The zero-order valence-corrected chi connectivity index (χ0v) is 32.5. The molecular formula is C38H46F3KN5O2-. The molecule has 4 atom stereocenters. The number of aryl methyl sites for hydroxylation is 1. The molecule has 4 rings (SSSR count). The maximum atomic E-state index is 13.8. The van der Waals surface area contributed by atoms with Crippen molar-refractivity contribution in [1.82, 2.24) is 15.3 Å². The molecule has 2 heterocycles. The van der Waals surface area contributed by atoms with Crippen LogP contribution >= 0.6 is 0 Å². The molecule has 2 aromatic carbocycles. The first-order chi connectivity index (χ1) is 22.5. The minimum atomic E-state index is -4.49. The number of carbonyl (C=O) groups is 1. The third-order valence-electron chi connectivity index (χ3n) is 8.05. The number of hydrogen-bond donors (Lipinski definition) is 2. The molecule has 3 aromatic rings. The maximum absolute atomic E-state index is 13.8. The Balaban J connectivity index is 0.00000417. The van der Waals surface area contributed by atoms with Gasteiger partial charge in [-0.05, 0) is 60.6 Å². The molecule has 0 radical (unpaired) electrons. The van der Waals surface area contributed by atoms with Crippen LogP contribution in [-0.2, 0) is 9.53 Å². The minimum Gasteiger partial charge on any atom is -0.397 e. The normalized spacial score (nSPS) is 16.1. The monoisotopic (exact) mass is 700 g/mol. The minimum absolute atomic E-state index is 0. The zero-order chi connectivity index (χ0) is 34.0. The number of nitrogens with one attached hydrogen (secondary N) is 2. The number of ether oxygens (including phenoxy) is 1. The van der Waals surface area contributed by atoms with E-state index in [-0.39, 0.29) is 82.8 Å². The summed E-state index contributed by atoms with van der Waals surface area (Å²) in [4.78, 5) is 26.2. The number of carbonyl (C=O) groups excluding carboxylic acids is 1. The molecule has 1 aromatic heterocycles. The average Bonchev–Trinajstić information content (AvgIpc) is 3.06. The Bertz CT molecular complexity index is 1560. The van der Waals surface area contributed by atoms with Crippen molar-refractivity contribution in [2.24, 2.45) is 10.9 Å². The van der Waals surface area contributed by atoms with Gasteiger partial charge >= 0.3 is 57.6 Å². The summed E-state index contributed by atoms with van der Waals surface area (Å²) in [6.07, 6.45) is 1.94. The first-order valence-electron chi connectivity index (χ1n) is 16.0. The van der Waals surface area contributed by atoms with Crippen LogP contribution in [0.4, 0.5) is 18.9 Å². The van der Waals surface area contributed by atoms with Gasteiger partial charge in [0.15, 0.2) is 0 Å². The number of halogens is 3. The van der Waals surface area contributed by atoms with E-state index in [0.29, 0.717) is 29.1 Å². The maximum Gasteiger partial charge on any atom is 1.00 e. The Morgan fingerprint density at radius 2 is 1.67 bits per heavy atom. The standard InChI is InChI=1S/C37H43F3N5O2.CH3.K/c1-6-13-24(3)36(47-23-28-19-20-33(37(38,39)40)45-34(28)29-21-41-26(5)42-22-29)44-32(14-7-2)35(46)43-31-18-12-11-17-30(31)25(4)27-15-9-8-10-16-27;;/h8-12,15-19,21-24,32-33,36,44H,4,6-7,13-14,20H2,1-3,5H3,(H,43,46);1H3;/q2*-1;+1. The van der Waals surface area contributed by atoms with Crippen LogP contribution in [0.2, 0.25) is 0 Å². The molecule has 258 valence electrons. The van der Waals surface area contributed by atoms with Gasteiger partial charge in [-0.3, -0.25) is 10.1 Å². The molecule has 0 spiro atoms. The van der Waals surface area contributed by atoms with Crippen LogP contribution in [0, 0.1) is 26.9 Å². The fraction of sp³-hybridized carbons (Fsp3) is 0.368. The van der Waals surface area contributed by atoms with Crippen molar-refractivity contribution in [2.75, 3.05) is 5.32 Å². The summed E-state index contributed by atoms with van der Waals surface area (Å²) in [5.41, 5.74) is 4.08. The predicted octanol–water partition coefficient (Wildman–Crippen LogP) is 5.69. The van der Waals surface area contributed by atoms with E-state index in [1.807, 2.05) is 68.4 Å². The molecule has 0 fully saturated rings. The second-order valence-electron chi connectivity index (χ2n) is 11.8. The van der Waals surface area contributed by atoms with Crippen molar-refractivity contribution in [2.45, 2.75) is 84.3 Å². The second-order valence-corrected chi connectivity index (χ2v) is 11.8. The number of dihydropyridines is 1. The van der Waals surface area contributed by atoms with E-state index < -0.39 is 24.5 Å². The molecule has 11 heteroatoms. The molecule has 0 aliphatic carbocycles. The van der Waals surface area contributed by atoms with E-state index in [1.165, 1.54) is 25.1 Å². The SMILES string of the molecule is C=C(c1ccccc1)c1ccccc1NC(=O)C(CCC)NC(O[CH-]C1=CCC(C(F)(F)F)N=C1c1cnc(C)nc1)C(C)CCC.[CH3-].[K+]. The molecule has 0 saturated carbocycles. The van der Waals surface area contributed by atoms with Gasteiger partial charge in [-0.2, -0.15) is 19.2 Å². The van der Waals surface area contributed by atoms with Gasteiger partial charge < -0.3 is 22.5 Å². The van der Waals surface area contributed by atoms with Gasteiger partial charge in [0.05, 0.1) is 6.04 Å².